The van der Waals surface area contributed by atoms with Crippen molar-refractivity contribution < 1.29 is 5.11 Å². The molecule has 21 heavy (non-hydrogen) atoms. The van der Waals surface area contributed by atoms with Crippen LogP contribution in [0.5, 0.6) is 0 Å². The van der Waals surface area contributed by atoms with Crippen molar-refractivity contribution in [2.24, 2.45) is 11.8 Å². The molecule has 0 radical (unpaired) electrons. The van der Waals surface area contributed by atoms with Gasteiger partial charge in [-0.05, 0) is 53.9 Å². The SMILES string of the molecule is Nc1nsc(NCC2CCCC2CO)c1-c1ccncc1. The summed E-state index contributed by atoms with van der Waals surface area (Å²) in [5.41, 5.74) is 8.00. The molecule has 112 valence electrons. The number of nitrogens with zero attached hydrogens (tertiary/aromatic N) is 2. The third-order valence-electron chi connectivity index (χ3n) is 4.26. The first-order valence-corrected chi connectivity index (χ1v) is 8.07. The molecule has 6 heteroatoms. The van der Waals surface area contributed by atoms with Crippen LogP contribution in [0.1, 0.15) is 19.3 Å². The molecule has 4 N–H and O–H groups in total. The lowest BCUT2D eigenvalue weighted by Gasteiger charge is -2.18. The number of rotatable bonds is 5. The van der Waals surface area contributed by atoms with Crippen LogP contribution in [-0.2, 0) is 0 Å². The van der Waals surface area contributed by atoms with Gasteiger partial charge in [0.2, 0.25) is 0 Å². The van der Waals surface area contributed by atoms with E-state index in [4.69, 9.17) is 5.73 Å². The monoisotopic (exact) mass is 304 g/mol. The summed E-state index contributed by atoms with van der Waals surface area (Å²) in [6, 6.07) is 3.88. The molecule has 2 unspecified atom stereocenters. The molecule has 0 spiro atoms. The van der Waals surface area contributed by atoms with Crippen LogP contribution >= 0.6 is 11.5 Å². The van der Waals surface area contributed by atoms with Gasteiger partial charge in [-0.2, -0.15) is 4.37 Å². The number of nitrogens with two attached hydrogens (primary N) is 1. The van der Waals surface area contributed by atoms with Crippen LogP contribution in [0.2, 0.25) is 0 Å². The second-order valence-electron chi connectivity index (χ2n) is 5.52. The Morgan fingerprint density at radius 1 is 1.29 bits per heavy atom. The van der Waals surface area contributed by atoms with E-state index in [0.29, 0.717) is 17.7 Å². The van der Waals surface area contributed by atoms with E-state index in [1.807, 2.05) is 12.1 Å². The first kappa shape index (κ1) is 14.3. The summed E-state index contributed by atoms with van der Waals surface area (Å²) in [7, 11) is 0. The van der Waals surface area contributed by atoms with Crippen molar-refractivity contribution in [3.8, 4) is 11.1 Å². The molecule has 2 aromatic rings. The summed E-state index contributed by atoms with van der Waals surface area (Å²) in [5.74, 6) is 1.51. The van der Waals surface area contributed by atoms with Gasteiger partial charge in [-0.15, -0.1) is 0 Å². The molecule has 2 atom stereocenters. The van der Waals surface area contributed by atoms with Crippen molar-refractivity contribution in [3.05, 3.63) is 24.5 Å². The van der Waals surface area contributed by atoms with Crippen LogP contribution in [-0.4, -0.2) is 27.6 Å². The normalized spacial score (nSPS) is 21.6. The van der Waals surface area contributed by atoms with Crippen LogP contribution in [0.3, 0.4) is 0 Å². The van der Waals surface area contributed by atoms with Gasteiger partial charge in [0.1, 0.15) is 10.8 Å². The Morgan fingerprint density at radius 3 is 2.81 bits per heavy atom. The molecule has 1 aliphatic rings. The molecule has 0 bridgehead atoms. The number of aliphatic hydroxyl groups excluding tert-OH is 1. The maximum atomic E-state index is 9.41. The average molecular weight is 304 g/mol. The molecule has 2 heterocycles. The van der Waals surface area contributed by atoms with E-state index >= 15 is 0 Å². The quantitative estimate of drug-likeness (QED) is 0.791. The summed E-state index contributed by atoms with van der Waals surface area (Å²) in [5, 5.41) is 13.9. The van der Waals surface area contributed by atoms with Gasteiger partial charge < -0.3 is 16.2 Å². The van der Waals surface area contributed by atoms with Gasteiger partial charge in [0.15, 0.2) is 0 Å². The number of pyridine rings is 1. The van der Waals surface area contributed by atoms with E-state index in [1.54, 1.807) is 12.4 Å². The average Bonchev–Trinajstić information content (AvgIpc) is 3.12. The second kappa shape index (κ2) is 6.41. The maximum Gasteiger partial charge on any atom is 0.147 e. The van der Waals surface area contributed by atoms with Crippen LogP contribution in [0, 0.1) is 11.8 Å². The number of aliphatic hydroxyl groups is 1. The van der Waals surface area contributed by atoms with Crippen molar-refractivity contribution in [2.75, 3.05) is 24.2 Å². The highest BCUT2D eigenvalue weighted by atomic mass is 32.1. The highest BCUT2D eigenvalue weighted by Crippen LogP contribution is 2.38. The summed E-state index contributed by atoms with van der Waals surface area (Å²) >= 11 is 1.39. The molecule has 1 saturated carbocycles. The van der Waals surface area contributed by atoms with Gasteiger partial charge in [-0.3, -0.25) is 4.98 Å². The van der Waals surface area contributed by atoms with E-state index in [9.17, 15) is 5.11 Å². The summed E-state index contributed by atoms with van der Waals surface area (Å²) in [6.07, 6.45) is 7.03. The molecule has 1 aliphatic carbocycles. The number of nitrogen functional groups attached to an aromatic ring is 1. The molecular formula is C15H20N4OS. The van der Waals surface area contributed by atoms with Gasteiger partial charge in [0, 0.05) is 25.5 Å². The smallest absolute Gasteiger partial charge is 0.147 e. The summed E-state index contributed by atoms with van der Waals surface area (Å²) in [6.45, 7) is 1.15. The maximum absolute atomic E-state index is 9.41. The lowest BCUT2D eigenvalue weighted by atomic mass is 9.97. The molecule has 0 aliphatic heterocycles. The fourth-order valence-electron chi connectivity index (χ4n) is 3.07. The number of nitrogens with one attached hydrogen (secondary N) is 1. The fourth-order valence-corrected chi connectivity index (χ4v) is 3.81. The van der Waals surface area contributed by atoms with E-state index < -0.39 is 0 Å². The molecule has 1 fully saturated rings. The third kappa shape index (κ3) is 3.01. The second-order valence-corrected chi connectivity index (χ2v) is 6.30. The Balaban J connectivity index is 1.75. The van der Waals surface area contributed by atoms with E-state index in [0.717, 1.165) is 29.1 Å². The molecule has 0 aromatic carbocycles. The first-order valence-electron chi connectivity index (χ1n) is 7.30. The zero-order chi connectivity index (χ0) is 14.7. The van der Waals surface area contributed by atoms with Crippen molar-refractivity contribution in [1.29, 1.82) is 0 Å². The van der Waals surface area contributed by atoms with E-state index in [2.05, 4.69) is 14.7 Å². The summed E-state index contributed by atoms with van der Waals surface area (Å²) < 4.78 is 4.26. The largest absolute Gasteiger partial charge is 0.396 e. The van der Waals surface area contributed by atoms with Gasteiger partial charge in [-0.1, -0.05) is 6.42 Å². The molecular weight excluding hydrogens is 284 g/mol. The highest BCUT2D eigenvalue weighted by Gasteiger charge is 2.26. The number of hydrogen-bond acceptors (Lipinski definition) is 6. The molecule has 3 rings (SSSR count). The van der Waals surface area contributed by atoms with Crippen molar-refractivity contribution in [3.63, 3.8) is 0 Å². The summed E-state index contributed by atoms with van der Waals surface area (Å²) in [4.78, 5) is 4.04. The van der Waals surface area contributed by atoms with Gasteiger partial charge >= 0.3 is 0 Å². The van der Waals surface area contributed by atoms with Crippen molar-refractivity contribution in [2.45, 2.75) is 19.3 Å². The minimum atomic E-state index is 0.286. The Kier molecular flexibility index (Phi) is 4.36. The van der Waals surface area contributed by atoms with Crippen molar-refractivity contribution >= 4 is 22.4 Å². The Labute approximate surface area is 128 Å². The zero-order valence-electron chi connectivity index (χ0n) is 11.8. The van der Waals surface area contributed by atoms with Gasteiger partial charge in [0.25, 0.3) is 0 Å². The highest BCUT2D eigenvalue weighted by molar-refractivity contribution is 7.11. The van der Waals surface area contributed by atoms with Crippen LogP contribution in [0.4, 0.5) is 10.8 Å². The van der Waals surface area contributed by atoms with Crippen LogP contribution in [0.15, 0.2) is 24.5 Å². The number of anilines is 2. The Hall–Kier alpha value is -1.66. The lowest BCUT2D eigenvalue weighted by molar-refractivity contribution is 0.199. The standard InChI is InChI=1S/C15H20N4OS/c16-14-13(10-4-6-17-7-5-10)15(21-19-14)18-8-11-2-1-3-12(11)9-20/h4-7,11-12,18,20H,1-3,8-9H2,(H2,16,19). The number of aromatic nitrogens is 2. The van der Waals surface area contributed by atoms with E-state index in [-0.39, 0.29) is 6.61 Å². The lowest BCUT2D eigenvalue weighted by Crippen LogP contribution is -2.20. The minimum Gasteiger partial charge on any atom is -0.396 e. The van der Waals surface area contributed by atoms with Crippen molar-refractivity contribution in [1.82, 2.24) is 9.36 Å². The Morgan fingerprint density at radius 2 is 2.05 bits per heavy atom. The predicted octanol–water partition coefficient (Wildman–Crippen LogP) is 2.61. The molecule has 5 nitrogen and oxygen atoms in total. The fraction of sp³-hybridized carbons (Fsp3) is 0.467. The topological polar surface area (TPSA) is 84.1 Å². The first-order chi connectivity index (χ1) is 10.3. The van der Waals surface area contributed by atoms with Crippen LogP contribution in [0.25, 0.3) is 11.1 Å². The van der Waals surface area contributed by atoms with Gasteiger partial charge in [-0.25, -0.2) is 0 Å². The van der Waals surface area contributed by atoms with E-state index in [1.165, 1.54) is 24.4 Å². The zero-order valence-corrected chi connectivity index (χ0v) is 12.6. The molecule has 0 saturated heterocycles. The third-order valence-corrected chi connectivity index (χ3v) is 5.08. The molecule has 0 amide bonds. The minimum absolute atomic E-state index is 0.286. The van der Waals surface area contributed by atoms with Crippen LogP contribution < -0.4 is 11.1 Å². The number of hydrogen-bond donors (Lipinski definition) is 3. The van der Waals surface area contributed by atoms with Gasteiger partial charge in [0.05, 0.1) is 5.56 Å². The molecule has 2 aromatic heterocycles. The Bertz CT molecular complexity index is 587. The predicted molar refractivity (Wildman–Crippen MR) is 86.2 cm³/mol.